The molecular weight excluding hydrogens is 314 g/mol. The summed E-state index contributed by atoms with van der Waals surface area (Å²) in [6, 6.07) is 7.69. The van der Waals surface area contributed by atoms with Gasteiger partial charge in [0.05, 0.1) is 0 Å². The molecule has 1 saturated heterocycles. The van der Waals surface area contributed by atoms with E-state index < -0.39 is 0 Å². The molecule has 0 N–H and O–H groups in total. The molecule has 0 saturated carbocycles. The number of amides is 2. The molecule has 0 aliphatic carbocycles. The molecule has 0 radical (unpaired) electrons. The first-order valence-electron chi connectivity index (χ1n) is 9.02. The molecule has 5 heteroatoms. The average molecular weight is 345 g/mol. The van der Waals surface area contributed by atoms with Crippen molar-refractivity contribution >= 4 is 17.5 Å². The van der Waals surface area contributed by atoms with Crippen LogP contribution in [0.3, 0.4) is 0 Å². The number of hydrogen-bond acceptors (Lipinski definition) is 3. The summed E-state index contributed by atoms with van der Waals surface area (Å²) in [5, 5.41) is 0. The lowest BCUT2D eigenvalue weighted by atomic mass is 9.91. The van der Waals surface area contributed by atoms with E-state index in [1.807, 2.05) is 53.1 Å². The molecule has 1 fully saturated rings. The highest BCUT2D eigenvalue weighted by atomic mass is 16.2. The van der Waals surface area contributed by atoms with Crippen molar-refractivity contribution in [2.24, 2.45) is 5.41 Å². The van der Waals surface area contributed by atoms with Crippen molar-refractivity contribution in [2.75, 3.05) is 45.2 Å². The van der Waals surface area contributed by atoms with Gasteiger partial charge in [0.1, 0.15) is 0 Å². The second-order valence-corrected chi connectivity index (χ2v) is 8.21. The van der Waals surface area contributed by atoms with Crippen LogP contribution in [0, 0.1) is 5.41 Å². The van der Waals surface area contributed by atoms with Gasteiger partial charge >= 0.3 is 0 Å². The SMILES string of the molecule is CN(C)c1ccc(C(=O)N2CCCN(C(=O)CC(C)(C)C)CC2)cc1. The number of benzene rings is 1. The van der Waals surface area contributed by atoms with Crippen molar-refractivity contribution in [3.63, 3.8) is 0 Å². The molecule has 5 nitrogen and oxygen atoms in total. The fourth-order valence-electron chi connectivity index (χ4n) is 3.02. The van der Waals surface area contributed by atoms with E-state index in [9.17, 15) is 9.59 Å². The van der Waals surface area contributed by atoms with Gasteiger partial charge in [0.2, 0.25) is 5.91 Å². The highest BCUT2D eigenvalue weighted by Gasteiger charge is 2.25. The van der Waals surface area contributed by atoms with E-state index in [1.54, 1.807) is 0 Å². The molecular formula is C20H31N3O2. The summed E-state index contributed by atoms with van der Waals surface area (Å²) >= 11 is 0. The monoisotopic (exact) mass is 345 g/mol. The van der Waals surface area contributed by atoms with Crippen LogP contribution in [0.2, 0.25) is 0 Å². The van der Waals surface area contributed by atoms with Crippen LogP contribution in [0.1, 0.15) is 44.0 Å². The predicted octanol–water partition coefficient (Wildman–Crippen LogP) is 2.86. The van der Waals surface area contributed by atoms with Gasteiger partial charge in [0.25, 0.3) is 5.91 Å². The Hall–Kier alpha value is -2.04. The predicted molar refractivity (Wildman–Crippen MR) is 102 cm³/mol. The van der Waals surface area contributed by atoms with Crippen molar-refractivity contribution < 1.29 is 9.59 Å². The first-order chi connectivity index (χ1) is 11.7. The van der Waals surface area contributed by atoms with Gasteiger partial charge in [-0.1, -0.05) is 20.8 Å². The molecule has 0 unspecified atom stereocenters. The zero-order valence-electron chi connectivity index (χ0n) is 16.2. The minimum absolute atomic E-state index is 0.00687. The average Bonchev–Trinajstić information content (AvgIpc) is 2.78. The molecule has 0 aromatic heterocycles. The number of anilines is 1. The van der Waals surface area contributed by atoms with E-state index in [0.29, 0.717) is 31.6 Å². The molecule has 0 spiro atoms. The smallest absolute Gasteiger partial charge is 0.253 e. The zero-order valence-corrected chi connectivity index (χ0v) is 16.2. The lowest BCUT2D eigenvalue weighted by Crippen LogP contribution is -2.38. The summed E-state index contributed by atoms with van der Waals surface area (Å²) < 4.78 is 0. The highest BCUT2D eigenvalue weighted by Crippen LogP contribution is 2.21. The summed E-state index contributed by atoms with van der Waals surface area (Å²) in [5.41, 5.74) is 1.78. The van der Waals surface area contributed by atoms with Crippen molar-refractivity contribution in [1.29, 1.82) is 0 Å². The van der Waals surface area contributed by atoms with Gasteiger partial charge in [-0.3, -0.25) is 9.59 Å². The lowest BCUT2D eigenvalue weighted by molar-refractivity contribution is -0.132. The van der Waals surface area contributed by atoms with Crippen LogP contribution < -0.4 is 4.90 Å². The fourth-order valence-corrected chi connectivity index (χ4v) is 3.02. The number of hydrogen-bond donors (Lipinski definition) is 0. The number of carbonyl (C=O) groups excluding carboxylic acids is 2. The summed E-state index contributed by atoms with van der Waals surface area (Å²) in [6.07, 6.45) is 1.38. The first kappa shape index (κ1) is 19.3. The molecule has 2 amide bonds. The normalized spacial score (nSPS) is 15.7. The number of rotatable bonds is 3. The van der Waals surface area contributed by atoms with Crippen molar-refractivity contribution in [3.8, 4) is 0 Å². The molecule has 1 aromatic rings. The third-order valence-corrected chi connectivity index (χ3v) is 4.45. The van der Waals surface area contributed by atoms with Crippen LogP contribution in [0.25, 0.3) is 0 Å². The quantitative estimate of drug-likeness (QED) is 0.846. The summed E-state index contributed by atoms with van der Waals surface area (Å²) in [7, 11) is 3.96. The molecule has 0 bridgehead atoms. The van der Waals surface area contributed by atoms with Crippen LogP contribution in [0.4, 0.5) is 5.69 Å². The first-order valence-corrected chi connectivity index (χ1v) is 9.02. The Morgan fingerprint density at radius 2 is 1.52 bits per heavy atom. The third kappa shape index (κ3) is 5.48. The Balaban J connectivity index is 1.98. The van der Waals surface area contributed by atoms with Gasteiger partial charge in [-0.05, 0) is 36.1 Å². The van der Waals surface area contributed by atoms with Crippen molar-refractivity contribution in [2.45, 2.75) is 33.6 Å². The van der Waals surface area contributed by atoms with Crippen LogP contribution in [-0.2, 0) is 4.79 Å². The Bertz CT molecular complexity index is 602. The number of carbonyl (C=O) groups is 2. The van der Waals surface area contributed by atoms with E-state index in [1.165, 1.54) is 0 Å². The maximum atomic E-state index is 12.7. The molecule has 138 valence electrons. The topological polar surface area (TPSA) is 43.9 Å². The van der Waals surface area contributed by atoms with Gasteiger partial charge < -0.3 is 14.7 Å². The minimum atomic E-state index is -0.00687. The van der Waals surface area contributed by atoms with Crippen molar-refractivity contribution in [1.82, 2.24) is 9.80 Å². The van der Waals surface area contributed by atoms with Crippen LogP contribution in [-0.4, -0.2) is 61.9 Å². The second kappa shape index (κ2) is 7.89. The van der Waals surface area contributed by atoms with Crippen LogP contribution in [0.15, 0.2) is 24.3 Å². The molecule has 25 heavy (non-hydrogen) atoms. The minimum Gasteiger partial charge on any atom is -0.378 e. The Morgan fingerprint density at radius 1 is 0.960 bits per heavy atom. The largest absolute Gasteiger partial charge is 0.378 e. The van der Waals surface area contributed by atoms with E-state index >= 15 is 0 Å². The van der Waals surface area contributed by atoms with Gasteiger partial charge in [-0.15, -0.1) is 0 Å². The highest BCUT2D eigenvalue weighted by molar-refractivity contribution is 5.94. The number of nitrogens with zero attached hydrogens (tertiary/aromatic N) is 3. The summed E-state index contributed by atoms with van der Waals surface area (Å²) in [6.45, 7) is 8.90. The molecule has 1 aromatic carbocycles. The van der Waals surface area contributed by atoms with E-state index in [2.05, 4.69) is 20.8 Å². The maximum absolute atomic E-state index is 12.7. The lowest BCUT2D eigenvalue weighted by Gasteiger charge is -2.26. The standard InChI is InChI=1S/C20H31N3O2/c1-20(2,3)15-18(24)22-11-6-12-23(14-13-22)19(25)16-7-9-17(10-8-16)21(4)5/h7-10H,6,11-15H2,1-5H3. The van der Waals surface area contributed by atoms with Gasteiger partial charge in [0, 0.05) is 57.9 Å². The fraction of sp³-hybridized carbons (Fsp3) is 0.600. The van der Waals surface area contributed by atoms with Gasteiger partial charge in [-0.2, -0.15) is 0 Å². The second-order valence-electron chi connectivity index (χ2n) is 8.21. The van der Waals surface area contributed by atoms with Gasteiger partial charge in [0.15, 0.2) is 0 Å². The zero-order chi connectivity index (χ0) is 18.6. The summed E-state index contributed by atoms with van der Waals surface area (Å²) in [4.78, 5) is 31.0. The molecule has 2 rings (SSSR count). The van der Waals surface area contributed by atoms with Crippen LogP contribution >= 0.6 is 0 Å². The van der Waals surface area contributed by atoms with Crippen LogP contribution in [0.5, 0.6) is 0 Å². The molecule has 1 aliphatic heterocycles. The molecule has 1 heterocycles. The Kier molecular flexibility index (Phi) is 6.09. The van der Waals surface area contributed by atoms with Crippen molar-refractivity contribution in [3.05, 3.63) is 29.8 Å². The maximum Gasteiger partial charge on any atom is 0.253 e. The van der Waals surface area contributed by atoms with E-state index in [-0.39, 0.29) is 17.2 Å². The summed E-state index contributed by atoms with van der Waals surface area (Å²) in [5.74, 6) is 0.243. The Morgan fingerprint density at radius 3 is 2.08 bits per heavy atom. The third-order valence-electron chi connectivity index (χ3n) is 4.45. The van der Waals surface area contributed by atoms with Gasteiger partial charge in [-0.25, -0.2) is 0 Å². The molecule has 1 aliphatic rings. The Labute approximate surface area is 151 Å². The molecule has 0 atom stereocenters. The van der Waals surface area contributed by atoms with E-state index in [4.69, 9.17) is 0 Å². The van der Waals surface area contributed by atoms with E-state index in [0.717, 1.165) is 18.7 Å².